The van der Waals surface area contributed by atoms with Gasteiger partial charge in [-0.15, -0.1) is 17.5 Å². The van der Waals surface area contributed by atoms with Gasteiger partial charge in [0, 0.05) is 12.6 Å². The molecule has 0 aliphatic carbocycles. The lowest BCUT2D eigenvalue weighted by molar-refractivity contribution is 0.0959. The third-order valence-corrected chi connectivity index (χ3v) is 2.16. The Labute approximate surface area is 104 Å². The highest BCUT2D eigenvalue weighted by Crippen LogP contribution is 2.12. The summed E-state index contributed by atoms with van der Waals surface area (Å²) >= 11 is 0. The molecule has 2 aromatic rings. The minimum absolute atomic E-state index is 0. The molecule has 0 radical (unpaired) electrons. The fraction of sp³-hybridized carbons (Fsp3) is 0.300. The van der Waals surface area contributed by atoms with Gasteiger partial charge in [0.1, 0.15) is 17.6 Å². The second kappa shape index (κ2) is 5.49. The second-order valence-electron chi connectivity index (χ2n) is 3.16. The van der Waals surface area contributed by atoms with Gasteiger partial charge in [-0.25, -0.2) is 0 Å². The number of nitrogens with zero attached hydrogens (tertiary/aromatic N) is 3. The Balaban J connectivity index is 0.00000144. The van der Waals surface area contributed by atoms with Gasteiger partial charge >= 0.3 is 0 Å². The summed E-state index contributed by atoms with van der Waals surface area (Å²) in [6, 6.07) is 5.14. The lowest BCUT2D eigenvalue weighted by atomic mass is 10.2. The Hall–Kier alpha value is -1.82. The van der Waals surface area contributed by atoms with Crippen molar-refractivity contribution in [3.05, 3.63) is 23.8 Å². The summed E-state index contributed by atoms with van der Waals surface area (Å²) in [6.45, 7) is 2.35. The minimum atomic E-state index is -0.147. The van der Waals surface area contributed by atoms with E-state index in [4.69, 9.17) is 4.84 Å². The zero-order valence-corrected chi connectivity index (χ0v) is 10.3. The van der Waals surface area contributed by atoms with Crippen LogP contribution in [-0.4, -0.2) is 34.7 Å². The van der Waals surface area contributed by atoms with Crippen LogP contribution in [0.25, 0.3) is 11.0 Å². The third kappa shape index (κ3) is 2.47. The lowest BCUT2D eigenvalue weighted by Gasteiger charge is -2.02. The molecular formula is C10H13ClN4O2. The van der Waals surface area contributed by atoms with E-state index in [1.165, 1.54) is 4.85 Å². The van der Waals surface area contributed by atoms with Gasteiger partial charge in [0.25, 0.3) is 5.91 Å². The van der Waals surface area contributed by atoms with E-state index < -0.39 is 0 Å². The summed E-state index contributed by atoms with van der Waals surface area (Å²) in [5.74, 6) is -0.147. The van der Waals surface area contributed by atoms with Gasteiger partial charge in [0.2, 0.25) is 0 Å². The van der Waals surface area contributed by atoms with Crippen molar-refractivity contribution in [1.29, 1.82) is 0 Å². The third-order valence-electron chi connectivity index (χ3n) is 2.16. The molecule has 1 aromatic carbocycles. The standard InChI is InChI=1S/C10H12N4O2.ClH/c1-3-16-14-9-6-7(10(15)11-2)4-5-8(9)12-13-14;/h4-6H,3H2,1-2H3,(H,11,15);1H. The van der Waals surface area contributed by atoms with Crippen molar-refractivity contribution in [2.75, 3.05) is 13.7 Å². The largest absolute Gasteiger partial charge is 0.395 e. The van der Waals surface area contributed by atoms with Crippen LogP contribution in [0.2, 0.25) is 0 Å². The summed E-state index contributed by atoms with van der Waals surface area (Å²) in [4.78, 5) is 18.0. The Morgan fingerprint density at radius 3 is 2.94 bits per heavy atom. The van der Waals surface area contributed by atoms with Crippen molar-refractivity contribution in [1.82, 2.24) is 20.5 Å². The number of benzene rings is 1. The van der Waals surface area contributed by atoms with E-state index in [1.54, 1.807) is 25.2 Å². The van der Waals surface area contributed by atoms with Crippen molar-refractivity contribution in [2.24, 2.45) is 0 Å². The van der Waals surface area contributed by atoms with Crippen LogP contribution in [0.3, 0.4) is 0 Å². The van der Waals surface area contributed by atoms with Crippen molar-refractivity contribution in [3.63, 3.8) is 0 Å². The molecule has 0 unspecified atom stereocenters. The Morgan fingerprint density at radius 2 is 2.29 bits per heavy atom. The van der Waals surface area contributed by atoms with E-state index in [0.717, 1.165) is 0 Å². The van der Waals surface area contributed by atoms with Crippen LogP contribution >= 0.6 is 12.4 Å². The smallest absolute Gasteiger partial charge is 0.251 e. The molecule has 1 amide bonds. The molecule has 0 saturated heterocycles. The van der Waals surface area contributed by atoms with Gasteiger partial charge in [-0.05, 0) is 30.3 Å². The fourth-order valence-corrected chi connectivity index (χ4v) is 1.40. The first kappa shape index (κ1) is 13.2. The van der Waals surface area contributed by atoms with Crippen LogP contribution in [-0.2, 0) is 0 Å². The maximum atomic E-state index is 11.4. The predicted octanol–water partition coefficient (Wildman–Crippen LogP) is 0.661. The molecule has 1 aromatic heterocycles. The van der Waals surface area contributed by atoms with Crippen LogP contribution in [0.15, 0.2) is 18.2 Å². The van der Waals surface area contributed by atoms with Gasteiger partial charge in [-0.2, -0.15) is 0 Å². The summed E-state index contributed by atoms with van der Waals surface area (Å²) in [7, 11) is 1.59. The maximum absolute atomic E-state index is 11.4. The predicted molar refractivity (Wildman–Crippen MR) is 65.3 cm³/mol. The van der Waals surface area contributed by atoms with Crippen molar-refractivity contribution in [3.8, 4) is 0 Å². The van der Waals surface area contributed by atoms with E-state index in [1.807, 2.05) is 6.92 Å². The highest BCUT2D eigenvalue weighted by molar-refractivity contribution is 5.97. The molecule has 0 aliphatic heterocycles. The monoisotopic (exact) mass is 256 g/mol. The normalized spacial score (nSPS) is 9.76. The van der Waals surface area contributed by atoms with Crippen LogP contribution in [0.4, 0.5) is 0 Å². The summed E-state index contributed by atoms with van der Waals surface area (Å²) < 4.78 is 0. The Kier molecular flexibility index (Phi) is 4.28. The van der Waals surface area contributed by atoms with Crippen LogP contribution < -0.4 is 10.2 Å². The van der Waals surface area contributed by atoms with Crippen LogP contribution in [0.1, 0.15) is 17.3 Å². The first-order valence-corrected chi connectivity index (χ1v) is 4.97. The van der Waals surface area contributed by atoms with Crippen molar-refractivity contribution < 1.29 is 9.63 Å². The van der Waals surface area contributed by atoms with E-state index in [0.29, 0.717) is 23.2 Å². The molecule has 0 atom stereocenters. The molecule has 6 nitrogen and oxygen atoms in total. The van der Waals surface area contributed by atoms with Gasteiger partial charge in [-0.3, -0.25) is 4.79 Å². The molecule has 92 valence electrons. The number of fused-ring (bicyclic) bond motifs is 1. The highest BCUT2D eigenvalue weighted by Gasteiger charge is 2.09. The number of carbonyl (C=O) groups excluding carboxylic acids is 1. The van der Waals surface area contributed by atoms with Crippen molar-refractivity contribution >= 4 is 29.3 Å². The Morgan fingerprint density at radius 1 is 1.53 bits per heavy atom. The maximum Gasteiger partial charge on any atom is 0.251 e. The number of hydrogen-bond acceptors (Lipinski definition) is 4. The number of amides is 1. The van der Waals surface area contributed by atoms with Gasteiger partial charge in [0.15, 0.2) is 0 Å². The highest BCUT2D eigenvalue weighted by atomic mass is 35.5. The number of aromatic nitrogens is 3. The molecule has 0 aliphatic rings. The topological polar surface area (TPSA) is 69.0 Å². The SMILES string of the molecule is CCOn1nnc2ccc(C(=O)NC)cc21.Cl. The van der Waals surface area contributed by atoms with E-state index >= 15 is 0 Å². The Bertz CT molecular complexity index is 526. The van der Waals surface area contributed by atoms with Crippen molar-refractivity contribution in [2.45, 2.75) is 6.92 Å². The lowest BCUT2D eigenvalue weighted by Crippen LogP contribution is -2.18. The number of nitrogens with one attached hydrogen (secondary N) is 1. The zero-order valence-electron chi connectivity index (χ0n) is 9.51. The minimum Gasteiger partial charge on any atom is -0.395 e. The number of carbonyl (C=O) groups is 1. The summed E-state index contributed by atoms with van der Waals surface area (Å²) in [6.07, 6.45) is 0. The number of halogens is 1. The molecule has 0 spiro atoms. The molecule has 0 fully saturated rings. The van der Waals surface area contributed by atoms with E-state index in [-0.39, 0.29) is 18.3 Å². The molecule has 1 N–H and O–H groups in total. The molecule has 7 heteroatoms. The molecular weight excluding hydrogens is 244 g/mol. The van der Waals surface area contributed by atoms with Gasteiger partial charge < -0.3 is 10.2 Å². The first-order valence-electron chi connectivity index (χ1n) is 4.97. The molecule has 0 saturated carbocycles. The number of rotatable bonds is 3. The summed E-state index contributed by atoms with van der Waals surface area (Å²) in [5.41, 5.74) is 1.93. The quantitative estimate of drug-likeness (QED) is 0.876. The first-order chi connectivity index (χ1) is 7.76. The number of hydrogen-bond donors (Lipinski definition) is 1. The molecule has 1 heterocycles. The van der Waals surface area contributed by atoms with E-state index in [2.05, 4.69) is 15.6 Å². The second-order valence-corrected chi connectivity index (χ2v) is 3.16. The average molecular weight is 257 g/mol. The van der Waals surface area contributed by atoms with Crippen LogP contribution in [0.5, 0.6) is 0 Å². The van der Waals surface area contributed by atoms with Gasteiger partial charge in [0.05, 0.1) is 0 Å². The van der Waals surface area contributed by atoms with Crippen LogP contribution in [0, 0.1) is 0 Å². The fourth-order valence-electron chi connectivity index (χ4n) is 1.40. The summed E-state index contributed by atoms with van der Waals surface area (Å²) in [5, 5.41) is 10.3. The molecule has 2 rings (SSSR count). The zero-order chi connectivity index (χ0) is 11.5. The van der Waals surface area contributed by atoms with E-state index in [9.17, 15) is 4.79 Å². The molecule has 0 bridgehead atoms. The van der Waals surface area contributed by atoms with Gasteiger partial charge in [-0.1, -0.05) is 4.85 Å². The average Bonchev–Trinajstić information content (AvgIpc) is 2.71. The molecule has 17 heavy (non-hydrogen) atoms.